The summed E-state index contributed by atoms with van der Waals surface area (Å²) in [7, 11) is 0. The van der Waals surface area contributed by atoms with E-state index in [9.17, 15) is 0 Å². The quantitative estimate of drug-likeness (QED) is 0.892. The molecule has 1 aliphatic rings. The van der Waals surface area contributed by atoms with Gasteiger partial charge in [0.2, 0.25) is 0 Å². The molecule has 3 rings (SSSR count). The summed E-state index contributed by atoms with van der Waals surface area (Å²) in [5.41, 5.74) is 8.35. The third-order valence-corrected chi connectivity index (χ3v) is 5.19. The minimum Gasteiger partial charge on any atom is -0.493 e. The van der Waals surface area contributed by atoms with Crippen LogP contribution in [0.3, 0.4) is 0 Å². The second-order valence-corrected chi connectivity index (χ2v) is 6.83. The molecule has 1 unspecified atom stereocenters. The molecular weight excluding hydrogens is 302 g/mol. The van der Waals surface area contributed by atoms with E-state index in [-0.39, 0.29) is 6.04 Å². The van der Waals surface area contributed by atoms with Crippen LogP contribution in [-0.2, 0) is 0 Å². The number of hydrogen-bond acceptors (Lipinski definition) is 3. The zero-order valence-corrected chi connectivity index (χ0v) is 13.5. The lowest BCUT2D eigenvalue weighted by molar-refractivity contribution is 0.294. The molecule has 110 valence electrons. The van der Waals surface area contributed by atoms with E-state index in [2.05, 4.69) is 24.3 Å². The molecule has 21 heavy (non-hydrogen) atoms. The van der Waals surface area contributed by atoms with Crippen LogP contribution < -0.4 is 10.5 Å². The van der Waals surface area contributed by atoms with Crippen LogP contribution in [0.1, 0.15) is 30.0 Å². The summed E-state index contributed by atoms with van der Waals surface area (Å²) < 4.78 is 6.04. The molecule has 2 N–H and O–H groups in total. The molecule has 0 saturated carbocycles. The fourth-order valence-corrected chi connectivity index (χ4v) is 3.98. The van der Waals surface area contributed by atoms with E-state index in [1.807, 2.05) is 36.9 Å². The van der Waals surface area contributed by atoms with Crippen molar-refractivity contribution < 1.29 is 4.74 Å². The normalized spacial score (nSPS) is 18.3. The summed E-state index contributed by atoms with van der Waals surface area (Å²) in [6.07, 6.45) is 0. The van der Waals surface area contributed by atoms with E-state index in [0.29, 0.717) is 17.5 Å². The molecule has 0 spiro atoms. The highest BCUT2D eigenvalue weighted by atomic mass is 35.5. The maximum atomic E-state index is 6.04. The van der Waals surface area contributed by atoms with Gasteiger partial charge >= 0.3 is 0 Å². The van der Waals surface area contributed by atoms with Gasteiger partial charge in [0.15, 0.2) is 0 Å². The van der Waals surface area contributed by atoms with Gasteiger partial charge < -0.3 is 10.5 Å². The Hall–Kier alpha value is -1.16. The number of halogens is 1. The molecule has 2 aromatic rings. The molecule has 2 nitrogen and oxygen atoms in total. The third kappa shape index (κ3) is 3.20. The smallest absolute Gasteiger partial charge is 0.124 e. The summed E-state index contributed by atoms with van der Waals surface area (Å²) in [6, 6.07) is 14.1. The van der Waals surface area contributed by atoms with Crippen molar-refractivity contribution >= 4 is 23.4 Å². The van der Waals surface area contributed by atoms with E-state index < -0.39 is 0 Å². The van der Waals surface area contributed by atoms with Gasteiger partial charge in [-0.15, -0.1) is 11.8 Å². The molecular formula is C17H18ClNOS. The summed E-state index contributed by atoms with van der Waals surface area (Å²) >= 11 is 7.94. The van der Waals surface area contributed by atoms with Gasteiger partial charge in [-0.2, -0.15) is 0 Å². The van der Waals surface area contributed by atoms with Crippen LogP contribution in [0.4, 0.5) is 0 Å². The molecule has 0 aliphatic carbocycles. The van der Waals surface area contributed by atoms with Gasteiger partial charge in [-0.25, -0.2) is 0 Å². The Morgan fingerprint density at radius 1 is 1.33 bits per heavy atom. The number of benzene rings is 2. The van der Waals surface area contributed by atoms with Crippen molar-refractivity contribution in [2.75, 3.05) is 12.4 Å². The Morgan fingerprint density at radius 3 is 2.95 bits per heavy atom. The van der Waals surface area contributed by atoms with Crippen molar-refractivity contribution in [3.63, 3.8) is 0 Å². The SMILES string of the molecule is C[C@H](N)c1cc(Cl)ccc1OCC1CSc2ccccc21. The van der Waals surface area contributed by atoms with Gasteiger partial charge in [0, 0.05) is 33.2 Å². The lowest BCUT2D eigenvalue weighted by Gasteiger charge is -2.17. The van der Waals surface area contributed by atoms with Crippen LogP contribution >= 0.6 is 23.4 Å². The summed E-state index contributed by atoms with van der Waals surface area (Å²) in [4.78, 5) is 1.37. The monoisotopic (exact) mass is 319 g/mol. The van der Waals surface area contributed by atoms with Crippen LogP contribution in [0.5, 0.6) is 5.75 Å². The Kier molecular flexibility index (Phi) is 4.43. The maximum absolute atomic E-state index is 6.04. The van der Waals surface area contributed by atoms with E-state index in [1.165, 1.54) is 10.5 Å². The van der Waals surface area contributed by atoms with Crippen LogP contribution in [-0.4, -0.2) is 12.4 Å². The highest BCUT2D eigenvalue weighted by Gasteiger charge is 2.23. The summed E-state index contributed by atoms with van der Waals surface area (Å²) in [5.74, 6) is 2.34. The first-order valence-corrected chi connectivity index (χ1v) is 8.41. The molecule has 0 fully saturated rings. The number of rotatable bonds is 4. The van der Waals surface area contributed by atoms with Gasteiger partial charge in [-0.3, -0.25) is 0 Å². The number of ether oxygens (including phenoxy) is 1. The third-order valence-electron chi connectivity index (χ3n) is 3.70. The Labute approximate surface area is 134 Å². The van der Waals surface area contributed by atoms with Crippen molar-refractivity contribution in [3.8, 4) is 5.75 Å². The molecule has 2 atom stereocenters. The second-order valence-electron chi connectivity index (χ2n) is 5.33. The van der Waals surface area contributed by atoms with E-state index in [0.717, 1.165) is 17.1 Å². The van der Waals surface area contributed by atoms with Crippen molar-refractivity contribution in [2.24, 2.45) is 5.73 Å². The Morgan fingerprint density at radius 2 is 2.14 bits per heavy atom. The zero-order valence-electron chi connectivity index (χ0n) is 11.9. The molecule has 0 saturated heterocycles. The largest absolute Gasteiger partial charge is 0.493 e. The van der Waals surface area contributed by atoms with Gasteiger partial charge in [0.25, 0.3) is 0 Å². The highest BCUT2D eigenvalue weighted by molar-refractivity contribution is 7.99. The molecule has 2 aromatic carbocycles. The first kappa shape index (κ1) is 14.8. The Bertz CT molecular complexity index is 644. The van der Waals surface area contributed by atoms with Crippen molar-refractivity contribution in [3.05, 3.63) is 58.6 Å². The molecule has 0 bridgehead atoms. The number of nitrogens with two attached hydrogens (primary N) is 1. The fraction of sp³-hybridized carbons (Fsp3) is 0.294. The van der Waals surface area contributed by atoms with E-state index in [1.54, 1.807) is 0 Å². The number of hydrogen-bond donors (Lipinski definition) is 1. The minimum atomic E-state index is -0.0936. The molecule has 1 heterocycles. The average molecular weight is 320 g/mol. The van der Waals surface area contributed by atoms with E-state index in [4.69, 9.17) is 22.1 Å². The fourth-order valence-electron chi connectivity index (χ4n) is 2.56. The van der Waals surface area contributed by atoms with Crippen molar-refractivity contribution in [2.45, 2.75) is 23.8 Å². The maximum Gasteiger partial charge on any atom is 0.124 e. The summed E-state index contributed by atoms with van der Waals surface area (Å²) in [5, 5.41) is 0.691. The topological polar surface area (TPSA) is 35.2 Å². The van der Waals surface area contributed by atoms with Gasteiger partial charge in [-0.05, 0) is 36.8 Å². The standard InChI is InChI=1S/C17H18ClNOS/c1-11(19)15-8-13(18)6-7-16(15)20-9-12-10-21-17-5-3-2-4-14(12)17/h2-8,11-12H,9-10,19H2,1H3/t11-,12?/m0/s1. The summed E-state index contributed by atoms with van der Waals surface area (Å²) in [6.45, 7) is 2.62. The van der Waals surface area contributed by atoms with Crippen LogP contribution in [0, 0.1) is 0 Å². The van der Waals surface area contributed by atoms with Crippen LogP contribution in [0.15, 0.2) is 47.4 Å². The highest BCUT2D eigenvalue weighted by Crippen LogP contribution is 2.39. The number of thioether (sulfide) groups is 1. The minimum absolute atomic E-state index is 0.0936. The van der Waals surface area contributed by atoms with Gasteiger partial charge in [-0.1, -0.05) is 29.8 Å². The predicted octanol–water partition coefficient (Wildman–Crippen LogP) is 4.63. The number of fused-ring (bicyclic) bond motifs is 1. The zero-order chi connectivity index (χ0) is 14.8. The van der Waals surface area contributed by atoms with Crippen molar-refractivity contribution in [1.82, 2.24) is 0 Å². The molecule has 0 aromatic heterocycles. The van der Waals surface area contributed by atoms with Crippen LogP contribution in [0.2, 0.25) is 5.02 Å². The van der Waals surface area contributed by atoms with Crippen LogP contribution in [0.25, 0.3) is 0 Å². The average Bonchev–Trinajstić information content (AvgIpc) is 2.89. The lowest BCUT2D eigenvalue weighted by atomic mass is 10.0. The molecule has 1 aliphatic heterocycles. The Balaban J connectivity index is 1.75. The first-order valence-electron chi connectivity index (χ1n) is 7.04. The predicted molar refractivity (Wildman–Crippen MR) is 89.5 cm³/mol. The first-order chi connectivity index (χ1) is 10.1. The molecule has 0 amide bonds. The van der Waals surface area contributed by atoms with E-state index >= 15 is 0 Å². The lowest BCUT2D eigenvalue weighted by Crippen LogP contribution is -2.13. The molecule has 0 radical (unpaired) electrons. The molecule has 4 heteroatoms. The second kappa shape index (κ2) is 6.30. The van der Waals surface area contributed by atoms with Gasteiger partial charge in [0.05, 0.1) is 6.61 Å². The van der Waals surface area contributed by atoms with Crippen molar-refractivity contribution in [1.29, 1.82) is 0 Å². The van der Waals surface area contributed by atoms with Gasteiger partial charge in [0.1, 0.15) is 5.75 Å².